The van der Waals surface area contributed by atoms with E-state index in [-0.39, 0.29) is 5.41 Å². The number of rotatable bonds is 1. The summed E-state index contributed by atoms with van der Waals surface area (Å²) >= 11 is 3.75. The van der Waals surface area contributed by atoms with Gasteiger partial charge in [0.15, 0.2) is 0 Å². The number of hydrogen-bond donors (Lipinski definition) is 1. The molecule has 1 aromatic carbocycles. The smallest absolute Gasteiger partial charge is 0.0516 e. The molecule has 1 aromatic rings. The van der Waals surface area contributed by atoms with Crippen molar-refractivity contribution in [2.45, 2.75) is 46.7 Å². The molecule has 1 heterocycles. The van der Waals surface area contributed by atoms with Gasteiger partial charge in [-0.2, -0.15) is 0 Å². The van der Waals surface area contributed by atoms with Crippen LogP contribution in [0.5, 0.6) is 0 Å². The van der Waals surface area contributed by atoms with Gasteiger partial charge in [-0.3, -0.25) is 0 Å². The molecule has 0 spiro atoms. The van der Waals surface area contributed by atoms with E-state index in [2.05, 4.69) is 79.0 Å². The third-order valence-corrected chi connectivity index (χ3v) is 5.13. The fraction of sp³-hybridized carbons (Fsp3) is 0.625. The molecule has 1 N–H and O–H groups in total. The SMILES string of the molecule is Cc1cccc(N2CC(C(C)(C)C)NCC2C)c1Br. The maximum absolute atomic E-state index is 3.75. The van der Waals surface area contributed by atoms with Gasteiger partial charge in [-0.1, -0.05) is 32.9 Å². The van der Waals surface area contributed by atoms with Crippen molar-refractivity contribution in [2.75, 3.05) is 18.0 Å². The number of anilines is 1. The first kappa shape index (κ1) is 14.9. The largest absolute Gasteiger partial charge is 0.365 e. The molecular weight excluding hydrogens is 300 g/mol. The molecule has 0 radical (unpaired) electrons. The second-order valence-electron chi connectivity index (χ2n) is 6.74. The van der Waals surface area contributed by atoms with Crippen molar-refractivity contribution >= 4 is 21.6 Å². The Labute approximate surface area is 125 Å². The van der Waals surface area contributed by atoms with Crippen LogP contribution in [0.3, 0.4) is 0 Å². The maximum Gasteiger partial charge on any atom is 0.0516 e. The Hall–Kier alpha value is -0.540. The summed E-state index contributed by atoms with van der Waals surface area (Å²) in [5, 5.41) is 3.69. The molecule has 1 fully saturated rings. The summed E-state index contributed by atoms with van der Waals surface area (Å²) in [6.45, 7) is 13.5. The highest BCUT2D eigenvalue weighted by atomic mass is 79.9. The molecule has 19 heavy (non-hydrogen) atoms. The number of aryl methyl sites for hydroxylation is 1. The summed E-state index contributed by atoms with van der Waals surface area (Å²) in [6.07, 6.45) is 0. The van der Waals surface area contributed by atoms with E-state index < -0.39 is 0 Å². The van der Waals surface area contributed by atoms with E-state index in [1.165, 1.54) is 15.7 Å². The highest BCUT2D eigenvalue weighted by Crippen LogP contribution is 2.33. The average molecular weight is 325 g/mol. The molecule has 0 bridgehead atoms. The van der Waals surface area contributed by atoms with Gasteiger partial charge in [-0.15, -0.1) is 0 Å². The fourth-order valence-electron chi connectivity index (χ4n) is 2.63. The Balaban J connectivity index is 2.29. The Bertz CT molecular complexity index is 451. The van der Waals surface area contributed by atoms with Crippen LogP contribution in [0.1, 0.15) is 33.3 Å². The third kappa shape index (κ3) is 3.14. The lowest BCUT2D eigenvalue weighted by molar-refractivity contribution is 0.239. The Morgan fingerprint density at radius 1 is 1.32 bits per heavy atom. The van der Waals surface area contributed by atoms with Crippen LogP contribution in [-0.2, 0) is 0 Å². The van der Waals surface area contributed by atoms with E-state index >= 15 is 0 Å². The predicted octanol–water partition coefficient (Wildman–Crippen LogP) is 3.97. The predicted molar refractivity (Wildman–Crippen MR) is 86.9 cm³/mol. The lowest BCUT2D eigenvalue weighted by Crippen LogP contribution is -2.59. The number of piperazine rings is 1. The molecule has 0 amide bonds. The van der Waals surface area contributed by atoms with Crippen LogP contribution in [-0.4, -0.2) is 25.2 Å². The molecule has 1 aliphatic heterocycles. The highest BCUT2D eigenvalue weighted by molar-refractivity contribution is 9.10. The Morgan fingerprint density at radius 3 is 2.63 bits per heavy atom. The lowest BCUT2D eigenvalue weighted by atomic mass is 9.84. The van der Waals surface area contributed by atoms with E-state index in [1.807, 2.05) is 0 Å². The highest BCUT2D eigenvalue weighted by Gasteiger charge is 2.33. The van der Waals surface area contributed by atoms with Gasteiger partial charge >= 0.3 is 0 Å². The van der Waals surface area contributed by atoms with E-state index in [9.17, 15) is 0 Å². The molecule has 2 nitrogen and oxygen atoms in total. The van der Waals surface area contributed by atoms with Crippen molar-refractivity contribution < 1.29 is 0 Å². The average Bonchev–Trinajstić information content (AvgIpc) is 2.32. The third-order valence-electron chi connectivity index (χ3n) is 4.10. The summed E-state index contributed by atoms with van der Waals surface area (Å²) in [7, 11) is 0. The summed E-state index contributed by atoms with van der Waals surface area (Å²) in [5.41, 5.74) is 2.91. The van der Waals surface area contributed by atoms with Crippen LogP contribution in [0, 0.1) is 12.3 Å². The van der Waals surface area contributed by atoms with Crippen LogP contribution in [0.25, 0.3) is 0 Å². The fourth-order valence-corrected chi connectivity index (χ4v) is 3.13. The first-order valence-electron chi connectivity index (χ1n) is 7.06. The van der Waals surface area contributed by atoms with Crippen molar-refractivity contribution in [1.82, 2.24) is 5.32 Å². The monoisotopic (exact) mass is 324 g/mol. The minimum atomic E-state index is 0.286. The summed E-state index contributed by atoms with van der Waals surface area (Å²) in [5.74, 6) is 0. The zero-order valence-electron chi connectivity index (χ0n) is 12.6. The molecule has 2 atom stereocenters. The first-order valence-corrected chi connectivity index (χ1v) is 7.85. The zero-order valence-corrected chi connectivity index (χ0v) is 14.2. The normalized spacial score (nSPS) is 24.6. The van der Waals surface area contributed by atoms with Crippen molar-refractivity contribution in [3.8, 4) is 0 Å². The molecule has 0 aliphatic carbocycles. The van der Waals surface area contributed by atoms with Gasteiger partial charge in [0.05, 0.1) is 5.69 Å². The van der Waals surface area contributed by atoms with E-state index in [0.29, 0.717) is 12.1 Å². The summed E-state index contributed by atoms with van der Waals surface area (Å²) in [4.78, 5) is 2.53. The standard InChI is InChI=1S/C16H25BrN2/c1-11-7-6-8-13(15(11)17)19-10-14(16(3,4)5)18-9-12(19)2/h6-8,12,14,18H,9-10H2,1-5H3. The first-order chi connectivity index (χ1) is 8.80. The molecule has 0 aromatic heterocycles. The van der Waals surface area contributed by atoms with Crippen molar-refractivity contribution in [3.05, 3.63) is 28.2 Å². The molecular formula is C16H25BrN2. The van der Waals surface area contributed by atoms with Crippen molar-refractivity contribution in [2.24, 2.45) is 5.41 Å². The molecule has 1 aliphatic rings. The number of benzene rings is 1. The van der Waals surface area contributed by atoms with Crippen LogP contribution >= 0.6 is 15.9 Å². The molecule has 2 unspecified atom stereocenters. The number of nitrogens with one attached hydrogen (secondary N) is 1. The van der Waals surface area contributed by atoms with Crippen molar-refractivity contribution in [1.29, 1.82) is 0 Å². The molecule has 1 saturated heterocycles. The second-order valence-corrected chi connectivity index (χ2v) is 7.53. The number of hydrogen-bond acceptors (Lipinski definition) is 2. The molecule has 3 heteroatoms. The summed E-state index contributed by atoms with van der Waals surface area (Å²) < 4.78 is 1.23. The quantitative estimate of drug-likeness (QED) is 0.840. The molecule has 106 valence electrons. The van der Waals surface area contributed by atoms with Gasteiger partial charge in [0, 0.05) is 29.6 Å². The second kappa shape index (κ2) is 5.45. The Morgan fingerprint density at radius 2 is 2.00 bits per heavy atom. The molecule has 2 rings (SSSR count). The van der Waals surface area contributed by atoms with Gasteiger partial charge in [0.1, 0.15) is 0 Å². The minimum absolute atomic E-state index is 0.286. The maximum atomic E-state index is 3.75. The van der Waals surface area contributed by atoms with Crippen LogP contribution < -0.4 is 10.2 Å². The van der Waals surface area contributed by atoms with Gasteiger partial charge in [0.2, 0.25) is 0 Å². The van der Waals surface area contributed by atoms with E-state index in [1.54, 1.807) is 0 Å². The van der Waals surface area contributed by atoms with Gasteiger partial charge in [-0.25, -0.2) is 0 Å². The van der Waals surface area contributed by atoms with Gasteiger partial charge in [-0.05, 0) is 46.8 Å². The van der Waals surface area contributed by atoms with Crippen LogP contribution in [0.2, 0.25) is 0 Å². The topological polar surface area (TPSA) is 15.3 Å². The summed E-state index contributed by atoms with van der Waals surface area (Å²) in [6, 6.07) is 7.57. The number of nitrogens with zero attached hydrogens (tertiary/aromatic N) is 1. The van der Waals surface area contributed by atoms with E-state index in [0.717, 1.165) is 13.1 Å². The Kier molecular flexibility index (Phi) is 4.26. The zero-order chi connectivity index (χ0) is 14.2. The lowest BCUT2D eigenvalue weighted by Gasteiger charge is -2.45. The van der Waals surface area contributed by atoms with Crippen LogP contribution in [0.4, 0.5) is 5.69 Å². The van der Waals surface area contributed by atoms with E-state index in [4.69, 9.17) is 0 Å². The molecule has 0 saturated carbocycles. The van der Waals surface area contributed by atoms with Gasteiger partial charge in [0.25, 0.3) is 0 Å². The van der Waals surface area contributed by atoms with Crippen molar-refractivity contribution in [3.63, 3.8) is 0 Å². The minimum Gasteiger partial charge on any atom is -0.365 e. The number of halogens is 1. The van der Waals surface area contributed by atoms with Gasteiger partial charge < -0.3 is 10.2 Å². The van der Waals surface area contributed by atoms with Crippen LogP contribution in [0.15, 0.2) is 22.7 Å².